The summed E-state index contributed by atoms with van der Waals surface area (Å²) in [6.07, 6.45) is 4.97. The first-order valence-electron chi connectivity index (χ1n) is 3.94. The minimum absolute atomic E-state index is 0.388. The molecule has 64 valence electrons. The van der Waals surface area contributed by atoms with Crippen molar-refractivity contribution in [1.82, 2.24) is 4.98 Å². The van der Waals surface area contributed by atoms with Crippen molar-refractivity contribution in [3.63, 3.8) is 0 Å². The molecule has 1 unspecified atom stereocenters. The summed E-state index contributed by atoms with van der Waals surface area (Å²) in [5.74, 6) is 6.52. The van der Waals surface area contributed by atoms with Gasteiger partial charge in [-0.15, -0.1) is 0 Å². The third-order valence-electron chi connectivity index (χ3n) is 1.94. The van der Waals surface area contributed by atoms with Gasteiger partial charge in [-0.1, -0.05) is 13.0 Å². The predicted molar refractivity (Wildman–Crippen MR) is 46.2 cm³/mol. The molecule has 12 heavy (non-hydrogen) atoms. The average Bonchev–Trinajstić information content (AvgIpc) is 2.46. The van der Waals surface area contributed by atoms with Gasteiger partial charge in [0.2, 0.25) is 0 Å². The second-order valence-corrected chi connectivity index (χ2v) is 3.01. The van der Waals surface area contributed by atoms with Crippen molar-refractivity contribution in [2.24, 2.45) is 11.8 Å². The summed E-state index contributed by atoms with van der Waals surface area (Å²) in [5.41, 5.74) is 3.37. The van der Waals surface area contributed by atoms with Crippen molar-refractivity contribution < 1.29 is 4.42 Å². The first-order chi connectivity index (χ1) is 5.79. The van der Waals surface area contributed by atoms with Gasteiger partial charge in [0.05, 0.1) is 5.69 Å². The summed E-state index contributed by atoms with van der Waals surface area (Å²) in [5, 5.41) is 0. The Kier molecular flexibility index (Phi) is 1.62. The van der Waals surface area contributed by atoms with Crippen molar-refractivity contribution in [3.8, 4) is 0 Å². The lowest BCUT2D eigenvalue weighted by Crippen LogP contribution is -2.07. The molecule has 1 aromatic heterocycles. The Bertz CT molecular complexity index is 316. The maximum Gasteiger partial charge on any atom is 0.309 e. The van der Waals surface area contributed by atoms with Crippen molar-refractivity contribution in [2.75, 3.05) is 5.43 Å². The molecule has 1 atom stereocenters. The Morgan fingerprint density at radius 3 is 3.33 bits per heavy atom. The van der Waals surface area contributed by atoms with Gasteiger partial charge in [0.25, 0.3) is 0 Å². The van der Waals surface area contributed by atoms with E-state index in [-0.39, 0.29) is 0 Å². The van der Waals surface area contributed by atoms with Gasteiger partial charge < -0.3 is 4.42 Å². The number of hydrogen-bond donors (Lipinski definition) is 2. The van der Waals surface area contributed by atoms with Gasteiger partial charge in [-0.25, -0.2) is 5.84 Å². The molecule has 0 aromatic carbocycles. The largest absolute Gasteiger partial charge is 0.423 e. The molecule has 0 amide bonds. The van der Waals surface area contributed by atoms with Gasteiger partial charge in [-0.2, -0.15) is 4.98 Å². The number of rotatable bonds is 1. The number of nitrogens with zero attached hydrogens (tertiary/aromatic N) is 1. The molecule has 0 spiro atoms. The van der Waals surface area contributed by atoms with Gasteiger partial charge in [-0.3, -0.25) is 5.43 Å². The van der Waals surface area contributed by atoms with Crippen LogP contribution in [-0.2, 0) is 6.42 Å². The summed E-state index contributed by atoms with van der Waals surface area (Å²) >= 11 is 0. The third-order valence-corrected chi connectivity index (χ3v) is 1.94. The first-order valence-corrected chi connectivity index (χ1v) is 3.94. The van der Waals surface area contributed by atoms with Crippen molar-refractivity contribution in [1.29, 1.82) is 0 Å². The van der Waals surface area contributed by atoms with E-state index in [4.69, 9.17) is 10.3 Å². The smallest absolute Gasteiger partial charge is 0.309 e. The molecule has 1 aromatic rings. The summed E-state index contributed by atoms with van der Waals surface area (Å²) in [6.45, 7) is 2.14. The van der Waals surface area contributed by atoms with E-state index in [0.717, 1.165) is 17.9 Å². The summed E-state index contributed by atoms with van der Waals surface area (Å²) in [6, 6.07) is 0.388. The predicted octanol–water partition coefficient (Wildman–Crippen LogP) is 1.17. The van der Waals surface area contributed by atoms with E-state index >= 15 is 0 Å². The number of nitrogen functional groups attached to an aromatic ring is 1. The Hall–Kier alpha value is -1.29. The maximum absolute atomic E-state index is 5.27. The van der Waals surface area contributed by atoms with E-state index in [1.807, 2.05) is 6.08 Å². The van der Waals surface area contributed by atoms with Crippen LogP contribution in [0.15, 0.2) is 10.5 Å². The van der Waals surface area contributed by atoms with E-state index in [1.54, 1.807) is 0 Å². The molecular formula is C8H11N3O. The highest BCUT2D eigenvalue weighted by Gasteiger charge is 2.16. The second kappa shape index (κ2) is 2.64. The minimum Gasteiger partial charge on any atom is -0.423 e. The van der Waals surface area contributed by atoms with Crippen molar-refractivity contribution >= 4 is 12.1 Å². The summed E-state index contributed by atoms with van der Waals surface area (Å²) < 4.78 is 5.27. The lowest BCUT2D eigenvalue weighted by molar-refractivity contribution is 0.554. The number of oxazole rings is 1. The van der Waals surface area contributed by atoms with Crippen LogP contribution >= 0.6 is 0 Å². The summed E-state index contributed by atoms with van der Waals surface area (Å²) in [4.78, 5) is 4.17. The average molecular weight is 165 g/mol. The fourth-order valence-corrected chi connectivity index (χ4v) is 1.33. The topological polar surface area (TPSA) is 64.1 Å². The van der Waals surface area contributed by atoms with Crippen LogP contribution < -0.4 is 11.3 Å². The summed E-state index contributed by atoms with van der Waals surface area (Å²) in [7, 11) is 0. The Labute approximate surface area is 70.4 Å². The zero-order chi connectivity index (χ0) is 8.55. The lowest BCUT2D eigenvalue weighted by atomic mass is 9.99. The monoisotopic (exact) mass is 165 g/mol. The number of hydrogen-bond acceptors (Lipinski definition) is 4. The molecule has 4 nitrogen and oxygen atoms in total. The SMILES string of the molecule is CC1C=Cc2oc(NN)nc2C1. The molecule has 2 rings (SSSR count). The molecule has 3 N–H and O–H groups in total. The highest BCUT2D eigenvalue weighted by Crippen LogP contribution is 2.24. The van der Waals surface area contributed by atoms with E-state index in [2.05, 4.69) is 23.4 Å². The van der Waals surface area contributed by atoms with Crippen molar-refractivity contribution in [2.45, 2.75) is 13.3 Å². The Morgan fingerprint density at radius 2 is 2.58 bits per heavy atom. The quantitative estimate of drug-likeness (QED) is 0.484. The minimum atomic E-state index is 0.388. The number of fused-ring (bicyclic) bond motifs is 1. The van der Waals surface area contributed by atoms with E-state index in [1.165, 1.54) is 0 Å². The number of nitrogens with one attached hydrogen (secondary N) is 1. The molecule has 0 saturated carbocycles. The maximum atomic E-state index is 5.27. The fourth-order valence-electron chi connectivity index (χ4n) is 1.33. The van der Waals surface area contributed by atoms with Crippen LogP contribution in [0, 0.1) is 5.92 Å². The van der Waals surface area contributed by atoms with Gasteiger partial charge in [-0.05, 0) is 18.4 Å². The molecular weight excluding hydrogens is 154 g/mol. The molecule has 1 aliphatic rings. The van der Waals surface area contributed by atoms with Crippen LogP contribution in [0.2, 0.25) is 0 Å². The number of hydrazine groups is 1. The standard InChI is InChI=1S/C8H11N3O/c1-5-2-3-7-6(4-5)10-8(11-9)12-7/h2-3,5H,4,9H2,1H3,(H,10,11). The van der Waals surface area contributed by atoms with Gasteiger partial charge in [0.15, 0.2) is 5.76 Å². The zero-order valence-corrected chi connectivity index (χ0v) is 6.87. The fraction of sp³-hybridized carbons (Fsp3) is 0.375. The number of anilines is 1. The zero-order valence-electron chi connectivity index (χ0n) is 6.87. The van der Waals surface area contributed by atoms with Gasteiger partial charge >= 0.3 is 6.01 Å². The van der Waals surface area contributed by atoms with Gasteiger partial charge in [0.1, 0.15) is 0 Å². The highest BCUT2D eigenvalue weighted by atomic mass is 16.4. The van der Waals surface area contributed by atoms with Gasteiger partial charge in [0, 0.05) is 0 Å². The molecule has 0 fully saturated rings. The molecule has 0 radical (unpaired) electrons. The molecule has 4 heteroatoms. The lowest BCUT2D eigenvalue weighted by Gasteiger charge is -2.07. The molecule has 0 bridgehead atoms. The number of aromatic nitrogens is 1. The molecule has 1 aliphatic carbocycles. The number of nitrogens with two attached hydrogens (primary N) is 1. The van der Waals surface area contributed by atoms with E-state index in [0.29, 0.717) is 11.9 Å². The van der Waals surface area contributed by atoms with Crippen LogP contribution in [0.25, 0.3) is 6.08 Å². The van der Waals surface area contributed by atoms with Crippen LogP contribution in [0.4, 0.5) is 6.01 Å². The van der Waals surface area contributed by atoms with Crippen molar-refractivity contribution in [3.05, 3.63) is 17.5 Å². The molecule has 0 aliphatic heterocycles. The Morgan fingerprint density at radius 1 is 1.75 bits per heavy atom. The molecule has 1 heterocycles. The third kappa shape index (κ3) is 1.10. The molecule has 0 saturated heterocycles. The van der Waals surface area contributed by atoms with E-state index < -0.39 is 0 Å². The van der Waals surface area contributed by atoms with Crippen LogP contribution in [0.3, 0.4) is 0 Å². The number of allylic oxidation sites excluding steroid dienone is 1. The van der Waals surface area contributed by atoms with Crippen LogP contribution in [0.5, 0.6) is 0 Å². The second-order valence-electron chi connectivity index (χ2n) is 3.01. The highest BCUT2D eigenvalue weighted by molar-refractivity contribution is 5.50. The normalized spacial score (nSPS) is 20.7. The first kappa shape index (κ1) is 7.36. The Balaban J connectivity index is 2.37. The van der Waals surface area contributed by atoms with E-state index in [9.17, 15) is 0 Å². The van der Waals surface area contributed by atoms with Crippen LogP contribution in [0.1, 0.15) is 18.4 Å². The van der Waals surface area contributed by atoms with Crippen LogP contribution in [-0.4, -0.2) is 4.98 Å².